The second-order valence-electron chi connectivity index (χ2n) is 2.07. The van der Waals surface area contributed by atoms with Gasteiger partial charge in [0.05, 0.1) is 17.4 Å². The molecule has 0 spiro atoms. The highest BCUT2D eigenvalue weighted by Crippen LogP contribution is 1.96. The Labute approximate surface area is 88.8 Å². The second-order valence-corrected chi connectivity index (χ2v) is 5.14. The van der Waals surface area contributed by atoms with Gasteiger partial charge in [0.15, 0.2) is 0 Å². The number of rotatable bonds is 7. The molecule has 86 valence electrons. The molecule has 0 aliphatic rings. The van der Waals surface area contributed by atoms with Gasteiger partial charge in [0, 0.05) is 0 Å². The van der Waals surface area contributed by atoms with Crippen molar-refractivity contribution >= 4 is 20.2 Å². The molecular weight excluding hydrogens is 244 g/mol. The molecule has 0 aromatic heterocycles. The van der Waals surface area contributed by atoms with Gasteiger partial charge in [-0.05, 0) is 6.08 Å². The van der Waals surface area contributed by atoms with E-state index in [4.69, 9.17) is 0 Å². The standard InChI is InChI=1S/C7H10O6S2/c1-3-14(8,9)12-6-5-7-13-15(10,11)4-2/h3-6H,1-2,7H2/b6-5+. The number of hydrogen-bond acceptors (Lipinski definition) is 6. The van der Waals surface area contributed by atoms with Gasteiger partial charge in [-0.3, -0.25) is 4.18 Å². The van der Waals surface area contributed by atoms with E-state index in [1.165, 1.54) is 0 Å². The molecule has 15 heavy (non-hydrogen) atoms. The Balaban J connectivity index is 4.05. The highest BCUT2D eigenvalue weighted by atomic mass is 32.2. The van der Waals surface area contributed by atoms with E-state index in [-0.39, 0.29) is 6.61 Å². The lowest BCUT2D eigenvalue weighted by molar-refractivity contribution is 0.360. The minimum atomic E-state index is -3.79. The third kappa shape index (κ3) is 6.89. The van der Waals surface area contributed by atoms with Crippen LogP contribution in [0.3, 0.4) is 0 Å². The maximum absolute atomic E-state index is 10.7. The fraction of sp³-hybridized carbons (Fsp3) is 0.143. The van der Waals surface area contributed by atoms with E-state index in [1.807, 2.05) is 0 Å². The summed E-state index contributed by atoms with van der Waals surface area (Å²) in [6.45, 7) is 5.66. The molecule has 0 atom stereocenters. The average molecular weight is 254 g/mol. The van der Waals surface area contributed by atoms with Gasteiger partial charge in [-0.25, -0.2) is 0 Å². The highest BCUT2D eigenvalue weighted by molar-refractivity contribution is 7.89. The molecule has 0 N–H and O–H groups in total. The zero-order chi connectivity index (χ0) is 11.9. The number of hydrogen-bond donors (Lipinski definition) is 0. The maximum atomic E-state index is 10.7. The summed E-state index contributed by atoms with van der Waals surface area (Å²) >= 11 is 0. The van der Waals surface area contributed by atoms with Gasteiger partial charge in [0.25, 0.3) is 10.1 Å². The van der Waals surface area contributed by atoms with Crippen LogP contribution in [0.5, 0.6) is 0 Å². The molecule has 0 radical (unpaired) electrons. The molecule has 0 saturated heterocycles. The van der Waals surface area contributed by atoms with E-state index >= 15 is 0 Å². The average Bonchev–Trinajstić information content (AvgIpc) is 2.17. The maximum Gasteiger partial charge on any atom is 0.331 e. The van der Waals surface area contributed by atoms with Gasteiger partial charge in [-0.15, -0.1) is 0 Å². The molecule has 0 saturated carbocycles. The summed E-state index contributed by atoms with van der Waals surface area (Å²) in [6, 6.07) is 0. The predicted octanol–water partition coefficient (Wildman–Crippen LogP) is 0.480. The first-order valence-electron chi connectivity index (χ1n) is 3.55. The van der Waals surface area contributed by atoms with Crippen LogP contribution in [-0.4, -0.2) is 23.4 Å². The van der Waals surface area contributed by atoms with Crippen LogP contribution in [0.2, 0.25) is 0 Å². The SMILES string of the molecule is C=CS(=O)(=O)O/C=C/COS(=O)(=O)C=C. The first-order chi connectivity index (χ1) is 6.83. The molecule has 0 heterocycles. The quantitative estimate of drug-likeness (QED) is 0.485. The first kappa shape index (κ1) is 13.9. The monoisotopic (exact) mass is 254 g/mol. The Hall–Kier alpha value is -1.12. The summed E-state index contributed by atoms with van der Waals surface area (Å²) in [5.41, 5.74) is 0. The normalized spacial score (nSPS) is 12.5. The molecule has 0 unspecified atom stereocenters. The van der Waals surface area contributed by atoms with Crippen LogP contribution in [0.1, 0.15) is 0 Å². The lowest BCUT2D eigenvalue weighted by atomic mass is 10.7. The summed E-state index contributed by atoms with van der Waals surface area (Å²) in [6.07, 6.45) is 1.86. The minimum absolute atomic E-state index is 0.346. The van der Waals surface area contributed by atoms with Gasteiger partial charge in [-0.1, -0.05) is 13.2 Å². The zero-order valence-electron chi connectivity index (χ0n) is 7.70. The largest absolute Gasteiger partial charge is 0.388 e. The van der Waals surface area contributed by atoms with Crippen LogP contribution in [-0.2, 0) is 28.6 Å². The molecule has 0 aliphatic carbocycles. The summed E-state index contributed by atoms with van der Waals surface area (Å²) in [4.78, 5) is 0. The van der Waals surface area contributed by atoms with Gasteiger partial charge < -0.3 is 4.18 Å². The second kappa shape index (κ2) is 5.69. The van der Waals surface area contributed by atoms with Crippen molar-refractivity contribution in [2.24, 2.45) is 0 Å². The van der Waals surface area contributed by atoms with E-state index in [1.54, 1.807) is 0 Å². The third-order valence-corrected chi connectivity index (χ3v) is 2.68. The molecule has 0 fully saturated rings. The van der Waals surface area contributed by atoms with Crippen LogP contribution in [0.25, 0.3) is 0 Å². The zero-order valence-corrected chi connectivity index (χ0v) is 9.33. The Bertz CT molecular complexity index is 442. The van der Waals surface area contributed by atoms with Crippen molar-refractivity contribution < 1.29 is 25.2 Å². The van der Waals surface area contributed by atoms with Crippen molar-refractivity contribution in [1.29, 1.82) is 0 Å². The molecule has 0 aromatic carbocycles. The Morgan fingerprint density at radius 2 is 1.53 bits per heavy atom. The van der Waals surface area contributed by atoms with Crippen LogP contribution >= 0.6 is 0 Å². The smallest absolute Gasteiger partial charge is 0.331 e. The van der Waals surface area contributed by atoms with E-state index in [9.17, 15) is 16.8 Å². The summed E-state index contributed by atoms with van der Waals surface area (Å²) in [5.74, 6) is 0. The van der Waals surface area contributed by atoms with Crippen molar-refractivity contribution in [3.8, 4) is 0 Å². The molecule has 6 nitrogen and oxygen atoms in total. The Morgan fingerprint density at radius 3 is 2.00 bits per heavy atom. The lowest BCUT2D eigenvalue weighted by Gasteiger charge is -1.96. The van der Waals surface area contributed by atoms with Gasteiger partial charge in [0.1, 0.15) is 6.26 Å². The van der Waals surface area contributed by atoms with Crippen LogP contribution in [0.15, 0.2) is 36.3 Å². The molecule has 0 aromatic rings. The Morgan fingerprint density at radius 1 is 1.00 bits per heavy atom. The van der Waals surface area contributed by atoms with Crippen molar-refractivity contribution in [3.63, 3.8) is 0 Å². The lowest BCUT2D eigenvalue weighted by Crippen LogP contribution is -2.01. The summed E-state index contributed by atoms with van der Waals surface area (Å²) in [5, 5.41) is 1.24. The van der Waals surface area contributed by atoms with Crippen LogP contribution in [0.4, 0.5) is 0 Å². The summed E-state index contributed by atoms with van der Waals surface area (Å²) < 4.78 is 51.1. The van der Waals surface area contributed by atoms with E-state index in [0.717, 1.165) is 12.3 Å². The topological polar surface area (TPSA) is 86.7 Å². The van der Waals surface area contributed by atoms with Crippen molar-refractivity contribution in [2.75, 3.05) is 6.61 Å². The molecule has 0 aliphatic heterocycles. The van der Waals surface area contributed by atoms with Crippen LogP contribution < -0.4 is 0 Å². The van der Waals surface area contributed by atoms with Crippen LogP contribution in [0, 0.1) is 0 Å². The van der Waals surface area contributed by atoms with Crippen molar-refractivity contribution in [1.82, 2.24) is 0 Å². The molecule has 8 heteroatoms. The third-order valence-electron chi connectivity index (χ3n) is 1.02. The fourth-order valence-corrected chi connectivity index (χ4v) is 1.05. The van der Waals surface area contributed by atoms with E-state index in [2.05, 4.69) is 21.5 Å². The summed E-state index contributed by atoms with van der Waals surface area (Å²) in [7, 11) is -7.54. The Kier molecular flexibility index (Phi) is 5.26. The van der Waals surface area contributed by atoms with E-state index < -0.39 is 20.2 Å². The van der Waals surface area contributed by atoms with Crippen molar-refractivity contribution in [2.45, 2.75) is 0 Å². The fourth-order valence-electron chi connectivity index (χ4n) is 0.378. The van der Waals surface area contributed by atoms with Gasteiger partial charge >= 0.3 is 10.1 Å². The van der Waals surface area contributed by atoms with Gasteiger partial charge in [0.2, 0.25) is 0 Å². The van der Waals surface area contributed by atoms with Gasteiger partial charge in [-0.2, -0.15) is 16.8 Å². The predicted molar refractivity (Wildman–Crippen MR) is 54.4 cm³/mol. The highest BCUT2D eigenvalue weighted by Gasteiger charge is 2.02. The molecule has 0 bridgehead atoms. The molecule has 0 amide bonds. The first-order valence-corrected chi connectivity index (χ1v) is 6.50. The van der Waals surface area contributed by atoms with Crippen molar-refractivity contribution in [3.05, 3.63) is 36.3 Å². The molecule has 0 rings (SSSR count). The van der Waals surface area contributed by atoms with E-state index in [0.29, 0.717) is 10.8 Å². The minimum Gasteiger partial charge on any atom is -0.388 e. The molecular formula is C7H10O6S2.